The highest BCUT2D eigenvalue weighted by molar-refractivity contribution is 5.87. The molecule has 7 heteroatoms. The van der Waals surface area contributed by atoms with Crippen LogP contribution in [-0.4, -0.2) is 36.9 Å². The summed E-state index contributed by atoms with van der Waals surface area (Å²) in [6.07, 6.45) is 6.67. The first-order valence-corrected chi connectivity index (χ1v) is 11.2. The molecule has 0 aromatic heterocycles. The molecule has 2 atom stereocenters. The van der Waals surface area contributed by atoms with Crippen molar-refractivity contribution >= 4 is 17.7 Å². The Morgan fingerprint density at radius 3 is 2.16 bits per heavy atom. The van der Waals surface area contributed by atoms with Crippen LogP contribution < -0.4 is 16.0 Å². The summed E-state index contributed by atoms with van der Waals surface area (Å²) >= 11 is 0. The summed E-state index contributed by atoms with van der Waals surface area (Å²) in [6.45, 7) is 2.83. The Balaban J connectivity index is 0. The molecule has 3 aliphatic rings. The van der Waals surface area contributed by atoms with Crippen LogP contribution in [0.2, 0.25) is 0 Å². The Morgan fingerprint density at radius 2 is 1.71 bits per heavy atom. The van der Waals surface area contributed by atoms with Crippen LogP contribution in [0.15, 0.2) is 36.4 Å². The predicted octanol–water partition coefficient (Wildman–Crippen LogP) is 3.28. The van der Waals surface area contributed by atoms with Crippen LogP contribution in [0.25, 0.3) is 0 Å². The van der Waals surface area contributed by atoms with Gasteiger partial charge in [-0.1, -0.05) is 56.2 Å². The number of hydrogen-bond acceptors (Lipinski definition) is 4. The lowest BCUT2D eigenvalue weighted by molar-refractivity contribution is -0.128. The number of nitriles is 1. The third-order valence-electron chi connectivity index (χ3n) is 5.31. The van der Waals surface area contributed by atoms with Gasteiger partial charge in [0, 0.05) is 22.7 Å². The van der Waals surface area contributed by atoms with Crippen LogP contribution in [0.4, 0.5) is 0 Å². The van der Waals surface area contributed by atoms with E-state index in [0.29, 0.717) is 13.0 Å². The molecule has 0 bridgehead atoms. The zero-order valence-electron chi connectivity index (χ0n) is 18.3. The number of nitrogens with zero attached hydrogens (tertiary/aromatic N) is 1. The Bertz CT molecular complexity index is 727. The zero-order valence-corrected chi connectivity index (χ0v) is 18.3. The predicted molar refractivity (Wildman–Crippen MR) is 125 cm³/mol. The third kappa shape index (κ3) is 11.2. The molecule has 1 aromatic rings. The third-order valence-corrected chi connectivity index (χ3v) is 5.31. The molecule has 1 saturated heterocycles. The summed E-state index contributed by atoms with van der Waals surface area (Å²) < 4.78 is 0. The molecule has 1 heterocycles. The quantitative estimate of drug-likeness (QED) is 0.640. The van der Waals surface area contributed by atoms with E-state index >= 15 is 0 Å². The standard InChI is InChI=1S/C14H20N4O3.C6H6.C4H8.3H2/c15-7-11(6-10-2-1-5-16-14(10)21)18-12(19)8-17-13(20)9-3-4-9;1-2-4-6-5-3-1;1-4-2-3-4;;;/h9-11H,1-6,8H2,(H,16,21)(H,17,20)(H,18,19);1-6H;4H,2-3H2,1H3;3*1H/t10-,11-;;;;;/m0...../s1. The van der Waals surface area contributed by atoms with Gasteiger partial charge in [-0.25, -0.2) is 0 Å². The highest BCUT2D eigenvalue weighted by Crippen LogP contribution is 2.28. The lowest BCUT2D eigenvalue weighted by Gasteiger charge is -2.23. The fraction of sp³-hybridized carbons (Fsp3) is 0.583. The molecule has 4 rings (SSSR count). The van der Waals surface area contributed by atoms with Crippen molar-refractivity contribution in [2.45, 2.75) is 57.9 Å². The first-order valence-electron chi connectivity index (χ1n) is 11.2. The van der Waals surface area contributed by atoms with E-state index in [2.05, 4.69) is 22.9 Å². The Labute approximate surface area is 189 Å². The minimum absolute atomic E-state index is 0. The molecular weight excluding hydrogens is 392 g/mol. The Kier molecular flexibility index (Phi) is 10.6. The van der Waals surface area contributed by atoms with Gasteiger partial charge < -0.3 is 16.0 Å². The van der Waals surface area contributed by atoms with E-state index in [-0.39, 0.29) is 34.5 Å². The second-order valence-electron chi connectivity index (χ2n) is 8.44. The van der Waals surface area contributed by atoms with E-state index in [1.807, 2.05) is 42.5 Å². The van der Waals surface area contributed by atoms with Gasteiger partial charge in [0.1, 0.15) is 6.04 Å². The maximum atomic E-state index is 11.7. The first-order chi connectivity index (χ1) is 15.0. The van der Waals surface area contributed by atoms with Gasteiger partial charge in [0.2, 0.25) is 17.7 Å². The van der Waals surface area contributed by atoms with Gasteiger partial charge in [-0.15, -0.1) is 0 Å². The number of carbonyl (C=O) groups excluding carboxylic acids is 3. The molecule has 2 aliphatic carbocycles. The normalized spacial score (nSPS) is 20.3. The van der Waals surface area contributed by atoms with Gasteiger partial charge in [-0.2, -0.15) is 5.26 Å². The molecule has 31 heavy (non-hydrogen) atoms. The summed E-state index contributed by atoms with van der Waals surface area (Å²) in [7, 11) is 0. The number of carbonyl (C=O) groups is 3. The van der Waals surface area contributed by atoms with Crippen molar-refractivity contribution in [1.29, 1.82) is 5.26 Å². The molecule has 1 aromatic carbocycles. The number of benzene rings is 1. The average Bonchev–Trinajstić information content (AvgIpc) is 3.72. The van der Waals surface area contributed by atoms with Gasteiger partial charge in [0.25, 0.3) is 0 Å². The monoisotopic (exact) mass is 432 g/mol. The van der Waals surface area contributed by atoms with Crippen LogP contribution >= 0.6 is 0 Å². The van der Waals surface area contributed by atoms with E-state index in [1.165, 1.54) is 12.8 Å². The second-order valence-corrected chi connectivity index (χ2v) is 8.44. The van der Waals surface area contributed by atoms with Crippen molar-refractivity contribution in [3.05, 3.63) is 36.4 Å². The minimum atomic E-state index is -0.704. The van der Waals surface area contributed by atoms with Gasteiger partial charge in [0.15, 0.2) is 0 Å². The number of amides is 3. The second kappa shape index (κ2) is 13.4. The van der Waals surface area contributed by atoms with Crippen molar-refractivity contribution in [2.75, 3.05) is 13.1 Å². The van der Waals surface area contributed by atoms with Gasteiger partial charge in [0.05, 0.1) is 12.6 Å². The van der Waals surface area contributed by atoms with E-state index < -0.39 is 11.9 Å². The molecule has 1 aliphatic heterocycles. The highest BCUT2D eigenvalue weighted by Gasteiger charge is 2.30. The van der Waals surface area contributed by atoms with Crippen molar-refractivity contribution in [1.82, 2.24) is 16.0 Å². The Morgan fingerprint density at radius 1 is 1.13 bits per heavy atom. The van der Waals surface area contributed by atoms with Crippen molar-refractivity contribution < 1.29 is 18.7 Å². The Hall–Kier alpha value is -2.88. The van der Waals surface area contributed by atoms with Crippen molar-refractivity contribution in [3.63, 3.8) is 0 Å². The van der Waals surface area contributed by atoms with E-state index in [4.69, 9.17) is 5.26 Å². The molecule has 2 saturated carbocycles. The number of hydrogen-bond donors (Lipinski definition) is 3. The minimum Gasteiger partial charge on any atom is -0.356 e. The first kappa shape index (κ1) is 24.4. The smallest absolute Gasteiger partial charge is 0.240 e. The van der Waals surface area contributed by atoms with Gasteiger partial charge in [-0.05, 0) is 38.0 Å². The van der Waals surface area contributed by atoms with E-state index in [0.717, 1.165) is 31.6 Å². The lowest BCUT2D eigenvalue weighted by Crippen LogP contribution is -2.45. The van der Waals surface area contributed by atoms with Gasteiger partial charge in [-0.3, -0.25) is 14.4 Å². The fourth-order valence-electron chi connectivity index (χ4n) is 2.94. The topological polar surface area (TPSA) is 111 Å². The molecular formula is C24H40N4O3. The molecule has 174 valence electrons. The fourth-order valence-corrected chi connectivity index (χ4v) is 2.94. The SMILES string of the molecule is CC1CC1.N#C[C@H](C[C@@H]1CCCNC1=O)NC(=O)CNC(=O)C1CC1.[HH].[HH].[HH].c1ccccc1. The maximum Gasteiger partial charge on any atom is 0.240 e. The summed E-state index contributed by atoms with van der Waals surface area (Å²) in [5, 5.41) is 16.9. The number of rotatable bonds is 6. The lowest BCUT2D eigenvalue weighted by atomic mass is 9.92. The highest BCUT2D eigenvalue weighted by atomic mass is 16.2. The molecule has 3 amide bonds. The van der Waals surface area contributed by atoms with E-state index in [9.17, 15) is 14.4 Å². The molecule has 3 fully saturated rings. The molecule has 0 spiro atoms. The number of nitrogens with one attached hydrogen (secondary N) is 3. The molecule has 7 nitrogen and oxygen atoms in total. The van der Waals surface area contributed by atoms with Gasteiger partial charge >= 0.3 is 0 Å². The molecule has 0 radical (unpaired) electrons. The summed E-state index contributed by atoms with van der Waals surface area (Å²) in [5.74, 6) is 0.343. The van der Waals surface area contributed by atoms with Crippen LogP contribution in [-0.2, 0) is 14.4 Å². The summed E-state index contributed by atoms with van der Waals surface area (Å²) in [4.78, 5) is 34.8. The van der Waals surface area contributed by atoms with Crippen LogP contribution in [0, 0.1) is 29.1 Å². The summed E-state index contributed by atoms with van der Waals surface area (Å²) in [6, 6.07) is 13.3. The average molecular weight is 433 g/mol. The molecule has 3 N–H and O–H groups in total. The van der Waals surface area contributed by atoms with Crippen LogP contribution in [0.5, 0.6) is 0 Å². The zero-order chi connectivity index (χ0) is 22.5. The van der Waals surface area contributed by atoms with Crippen molar-refractivity contribution in [2.24, 2.45) is 17.8 Å². The van der Waals surface area contributed by atoms with Crippen LogP contribution in [0.3, 0.4) is 0 Å². The summed E-state index contributed by atoms with van der Waals surface area (Å²) in [5.41, 5.74) is 0. The maximum absolute atomic E-state index is 11.7. The van der Waals surface area contributed by atoms with E-state index in [1.54, 1.807) is 0 Å². The largest absolute Gasteiger partial charge is 0.356 e. The molecule has 0 unspecified atom stereocenters. The van der Waals surface area contributed by atoms with Crippen molar-refractivity contribution in [3.8, 4) is 6.07 Å². The van der Waals surface area contributed by atoms with Crippen LogP contribution in [0.1, 0.15) is 56.1 Å². The number of piperidine rings is 1.